The lowest BCUT2D eigenvalue weighted by molar-refractivity contribution is -0.131. The Morgan fingerprint density at radius 3 is 2.17 bits per heavy atom. The van der Waals surface area contributed by atoms with E-state index in [-0.39, 0.29) is 29.6 Å². The van der Waals surface area contributed by atoms with Crippen LogP contribution in [0.25, 0.3) is 0 Å². The summed E-state index contributed by atoms with van der Waals surface area (Å²) in [7, 11) is 0. The number of carbonyl (C=O) groups is 3. The van der Waals surface area contributed by atoms with Gasteiger partial charge >= 0.3 is 0 Å². The fourth-order valence-electron chi connectivity index (χ4n) is 4.26. The molecule has 2 aliphatic heterocycles. The van der Waals surface area contributed by atoms with Gasteiger partial charge in [-0.2, -0.15) is 0 Å². The summed E-state index contributed by atoms with van der Waals surface area (Å²) in [4.78, 5) is 40.4. The first-order valence-electron chi connectivity index (χ1n) is 9.85. The van der Waals surface area contributed by atoms with Crippen molar-refractivity contribution in [2.45, 2.75) is 32.7 Å². The Kier molecular flexibility index (Phi) is 5.12. The molecule has 0 unspecified atom stereocenters. The van der Waals surface area contributed by atoms with Gasteiger partial charge in [0.15, 0.2) is 5.78 Å². The third kappa shape index (κ3) is 4.03. The second kappa shape index (κ2) is 7.73. The Morgan fingerprint density at radius 1 is 0.966 bits per heavy atom. The minimum absolute atomic E-state index is 0.000404. The number of Topliss-reactive ketones (excluding diaryl/α,β-unsaturated/α-hetero) is 1. The summed E-state index contributed by atoms with van der Waals surface area (Å²) in [6.45, 7) is 4.50. The molecule has 0 atom stereocenters. The molecule has 9 nitrogen and oxygen atoms in total. The van der Waals surface area contributed by atoms with Crippen molar-refractivity contribution in [2.75, 3.05) is 26.2 Å². The number of ketones is 1. The third-order valence-electron chi connectivity index (χ3n) is 6.13. The van der Waals surface area contributed by atoms with Crippen molar-refractivity contribution in [1.82, 2.24) is 30.0 Å². The van der Waals surface area contributed by atoms with Crippen molar-refractivity contribution in [3.8, 4) is 0 Å². The molecule has 2 saturated heterocycles. The Labute approximate surface area is 168 Å². The summed E-state index contributed by atoms with van der Waals surface area (Å²) < 4.78 is 1.44. The predicted molar refractivity (Wildman–Crippen MR) is 103 cm³/mol. The largest absolute Gasteiger partial charge is 0.341 e. The second-order valence-corrected chi connectivity index (χ2v) is 8.00. The molecule has 0 N–H and O–H groups in total. The fraction of sp³-hybridized carbons (Fsp3) is 0.500. The van der Waals surface area contributed by atoms with Gasteiger partial charge in [-0.25, -0.2) is 4.68 Å². The van der Waals surface area contributed by atoms with E-state index in [1.165, 1.54) is 17.9 Å². The van der Waals surface area contributed by atoms with Crippen molar-refractivity contribution in [3.05, 3.63) is 41.7 Å². The van der Waals surface area contributed by atoms with Crippen LogP contribution in [0.3, 0.4) is 0 Å². The number of hydrogen-bond donors (Lipinski definition) is 0. The van der Waals surface area contributed by atoms with Crippen molar-refractivity contribution in [2.24, 2.45) is 5.41 Å². The molecular formula is C20H24N6O3. The maximum absolute atomic E-state index is 12.8. The van der Waals surface area contributed by atoms with Crippen LogP contribution in [0.1, 0.15) is 46.9 Å². The highest BCUT2D eigenvalue weighted by Gasteiger charge is 2.42. The lowest BCUT2D eigenvalue weighted by Gasteiger charge is -2.39. The number of piperidine rings is 1. The number of tetrazole rings is 1. The molecule has 0 aliphatic carbocycles. The molecule has 2 fully saturated rings. The number of likely N-dealkylation sites (tertiary alicyclic amines) is 2. The van der Waals surface area contributed by atoms with Gasteiger partial charge in [0.2, 0.25) is 5.91 Å². The molecule has 1 aromatic heterocycles. The van der Waals surface area contributed by atoms with E-state index in [0.717, 1.165) is 32.4 Å². The quantitative estimate of drug-likeness (QED) is 0.716. The maximum Gasteiger partial charge on any atom is 0.253 e. The van der Waals surface area contributed by atoms with Crippen LogP contribution in [0.15, 0.2) is 30.6 Å². The SMILES string of the molecule is CC(=O)c1ccc(C(=O)N2CCC3(CCN(C(=O)Cn4cnnn4)C3)CC2)cc1. The van der Waals surface area contributed by atoms with Crippen LogP contribution >= 0.6 is 0 Å². The number of nitrogens with zero attached hydrogens (tertiary/aromatic N) is 6. The number of amides is 2. The van der Waals surface area contributed by atoms with E-state index in [4.69, 9.17) is 0 Å². The van der Waals surface area contributed by atoms with Crippen LogP contribution < -0.4 is 0 Å². The molecule has 2 amide bonds. The summed E-state index contributed by atoms with van der Waals surface area (Å²) in [6.07, 6.45) is 4.18. The van der Waals surface area contributed by atoms with Gasteiger partial charge in [-0.05, 0) is 54.2 Å². The van der Waals surface area contributed by atoms with Gasteiger partial charge in [-0.3, -0.25) is 14.4 Å². The molecule has 9 heteroatoms. The highest BCUT2D eigenvalue weighted by molar-refractivity contribution is 5.97. The second-order valence-electron chi connectivity index (χ2n) is 8.00. The zero-order chi connectivity index (χ0) is 20.4. The van der Waals surface area contributed by atoms with Crippen LogP contribution in [-0.4, -0.2) is 73.8 Å². The average Bonchev–Trinajstić information content (AvgIpc) is 3.39. The Hall–Kier alpha value is -3.10. The van der Waals surface area contributed by atoms with Crippen molar-refractivity contribution >= 4 is 17.6 Å². The van der Waals surface area contributed by atoms with Gasteiger partial charge in [0.1, 0.15) is 12.9 Å². The van der Waals surface area contributed by atoms with Crippen molar-refractivity contribution in [1.29, 1.82) is 0 Å². The lowest BCUT2D eigenvalue weighted by Crippen LogP contribution is -2.45. The van der Waals surface area contributed by atoms with Gasteiger partial charge in [-0.15, -0.1) is 5.10 Å². The molecule has 1 aromatic carbocycles. The minimum Gasteiger partial charge on any atom is -0.341 e. The molecule has 4 rings (SSSR count). The molecule has 3 heterocycles. The number of aromatic nitrogens is 4. The van der Waals surface area contributed by atoms with Crippen LogP contribution in [-0.2, 0) is 11.3 Å². The molecule has 2 aliphatic rings. The first kappa shape index (κ1) is 19.2. The molecule has 0 saturated carbocycles. The van der Waals surface area contributed by atoms with Gasteiger partial charge in [-0.1, -0.05) is 12.1 Å². The first-order chi connectivity index (χ1) is 14.0. The fourth-order valence-corrected chi connectivity index (χ4v) is 4.26. The maximum atomic E-state index is 12.8. The van der Waals surface area contributed by atoms with E-state index in [1.807, 2.05) is 9.80 Å². The number of rotatable bonds is 4. The molecule has 152 valence electrons. The smallest absolute Gasteiger partial charge is 0.253 e. The van der Waals surface area contributed by atoms with Gasteiger partial charge in [0.25, 0.3) is 5.91 Å². The molecule has 2 aromatic rings. The van der Waals surface area contributed by atoms with Crippen LogP contribution in [0, 0.1) is 5.41 Å². The summed E-state index contributed by atoms with van der Waals surface area (Å²) in [6, 6.07) is 6.84. The monoisotopic (exact) mass is 396 g/mol. The van der Waals surface area contributed by atoms with Crippen LogP contribution in [0.5, 0.6) is 0 Å². The van der Waals surface area contributed by atoms with Crippen LogP contribution in [0.4, 0.5) is 0 Å². The average molecular weight is 396 g/mol. The van der Waals surface area contributed by atoms with Crippen molar-refractivity contribution < 1.29 is 14.4 Å². The third-order valence-corrected chi connectivity index (χ3v) is 6.13. The Bertz CT molecular complexity index is 901. The van der Waals surface area contributed by atoms with E-state index in [0.29, 0.717) is 24.2 Å². The Morgan fingerprint density at radius 2 is 1.59 bits per heavy atom. The van der Waals surface area contributed by atoms with E-state index in [9.17, 15) is 14.4 Å². The molecule has 0 bridgehead atoms. The van der Waals surface area contributed by atoms with Gasteiger partial charge in [0.05, 0.1) is 0 Å². The normalized spacial score (nSPS) is 18.2. The number of benzene rings is 1. The first-order valence-corrected chi connectivity index (χ1v) is 9.85. The highest BCUT2D eigenvalue weighted by Crippen LogP contribution is 2.40. The van der Waals surface area contributed by atoms with Crippen molar-refractivity contribution in [3.63, 3.8) is 0 Å². The van der Waals surface area contributed by atoms with E-state index < -0.39 is 0 Å². The standard InChI is InChI=1S/C20H24N6O3/c1-15(27)16-2-4-17(5-3-16)19(29)24-9-6-20(7-10-24)8-11-25(13-20)18(28)12-26-14-21-22-23-26/h2-5,14H,6-13H2,1H3. The molecule has 0 radical (unpaired) electrons. The zero-order valence-electron chi connectivity index (χ0n) is 16.5. The minimum atomic E-state index is -0.00988. The van der Waals surface area contributed by atoms with Crippen LogP contribution in [0.2, 0.25) is 0 Å². The van der Waals surface area contributed by atoms with E-state index in [1.54, 1.807) is 24.3 Å². The summed E-state index contributed by atoms with van der Waals surface area (Å²) in [5, 5.41) is 10.9. The topological polar surface area (TPSA) is 101 Å². The van der Waals surface area contributed by atoms with E-state index >= 15 is 0 Å². The van der Waals surface area contributed by atoms with Gasteiger partial charge < -0.3 is 9.80 Å². The summed E-state index contributed by atoms with van der Waals surface area (Å²) in [5.41, 5.74) is 1.30. The zero-order valence-corrected chi connectivity index (χ0v) is 16.5. The van der Waals surface area contributed by atoms with Gasteiger partial charge in [0, 0.05) is 37.3 Å². The highest BCUT2D eigenvalue weighted by atomic mass is 16.2. The molecule has 1 spiro atoms. The predicted octanol–water partition coefficient (Wildman–Crippen LogP) is 1.03. The summed E-state index contributed by atoms with van der Waals surface area (Å²) in [5.74, 6) is 0.0159. The molecule has 29 heavy (non-hydrogen) atoms. The number of hydrogen-bond acceptors (Lipinski definition) is 6. The lowest BCUT2D eigenvalue weighted by atomic mass is 9.77. The molecular weight excluding hydrogens is 372 g/mol. The Balaban J connectivity index is 1.32. The summed E-state index contributed by atoms with van der Waals surface area (Å²) >= 11 is 0. The number of carbonyl (C=O) groups excluding carboxylic acids is 3. The van der Waals surface area contributed by atoms with E-state index in [2.05, 4.69) is 15.5 Å².